The van der Waals surface area contributed by atoms with Gasteiger partial charge in [0.1, 0.15) is 6.04 Å². The second-order valence-corrected chi connectivity index (χ2v) is 6.60. The highest BCUT2D eigenvalue weighted by atomic mass is 32.1. The third-order valence-electron chi connectivity index (χ3n) is 3.25. The Labute approximate surface area is 145 Å². The molecule has 24 heavy (non-hydrogen) atoms. The number of thiophene rings is 1. The maximum atomic E-state index is 12.3. The van der Waals surface area contributed by atoms with Crippen LogP contribution in [-0.2, 0) is 16.0 Å². The number of hydrogen-bond acceptors (Lipinski definition) is 5. The van der Waals surface area contributed by atoms with Crippen LogP contribution in [0.2, 0.25) is 0 Å². The van der Waals surface area contributed by atoms with Gasteiger partial charge in [-0.1, -0.05) is 26.0 Å². The molecule has 2 heterocycles. The van der Waals surface area contributed by atoms with Crippen LogP contribution in [0, 0.1) is 5.92 Å². The fourth-order valence-corrected chi connectivity index (χ4v) is 2.73. The quantitative estimate of drug-likeness (QED) is 0.595. The van der Waals surface area contributed by atoms with E-state index in [0.717, 1.165) is 10.4 Å². The van der Waals surface area contributed by atoms with Crippen LogP contribution < -0.4 is 10.7 Å². The molecular formula is C17H20N4O2S. The summed E-state index contributed by atoms with van der Waals surface area (Å²) >= 11 is 1.52. The van der Waals surface area contributed by atoms with Gasteiger partial charge >= 0.3 is 0 Å². The predicted molar refractivity (Wildman–Crippen MR) is 94.8 cm³/mol. The lowest BCUT2D eigenvalue weighted by molar-refractivity contribution is -0.129. The topological polar surface area (TPSA) is 83.5 Å². The average molecular weight is 344 g/mol. The van der Waals surface area contributed by atoms with Crippen molar-refractivity contribution in [1.82, 2.24) is 15.7 Å². The van der Waals surface area contributed by atoms with Crippen molar-refractivity contribution in [2.45, 2.75) is 26.3 Å². The summed E-state index contributed by atoms with van der Waals surface area (Å²) in [5.74, 6) is -0.571. The number of carbonyl (C=O) groups is 2. The van der Waals surface area contributed by atoms with Gasteiger partial charge in [-0.3, -0.25) is 14.6 Å². The lowest BCUT2D eigenvalue weighted by Crippen LogP contribution is -2.49. The van der Waals surface area contributed by atoms with Crippen LogP contribution in [-0.4, -0.2) is 29.1 Å². The molecule has 2 aromatic heterocycles. The molecule has 2 rings (SSSR count). The predicted octanol–water partition coefficient (Wildman–Crippen LogP) is 1.98. The highest BCUT2D eigenvalue weighted by Gasteiger charge is 2.24. The fraction of sp³-hybridized carbons (Fsp3) is 0.294. The molecule has 6 nitrogen and oxygen atoms in total. The molecule has 0 fully saturated rings. The van der Waals surface area contributed by atoms with E-state index in [4.69, 9.17) is 0 Å². The smallest absolute Gasteiger partial charge is 0.262 e. The zero-order valence-corrected chi connectivity index (χ0v) is 14.4. The maximum absolute atomic E-state index is 12.3. The Balaban J connectivity index is 1.90. The number of pyridine rings is 1. The minimum absolute atomic E-state index is 0.0501. The number of aromatic nitrogens is 1. The van der Waals surface area contributed by atoms with Gasteiger partial charge in [-0.15, -0.1) is 11.3 Å². The minimum Gasteiger partial charge on any atom is -0.344 e. The Kier molecular flexibility index (Phi) is 6.62. The first-order chi connectivity index (χ1) is 11.6. The van der Waals surface area contributed by atoms with Gasteiger partial charge < -0.3 is 5.32 Å². The summed E-state index contributed by atoms with van der Waals surface area (Å²) in [6.45, 7) is 3.75. The molecule has 0 saturated heterocycles. The van der Waals surface area contributed by atoms with E-state index in [0.29, 0.717) is 0 Å². The number of rotatable bonds is 7. The average Bonchev–Trinajstić information content (AvgIpc) is 3.06. The lowest BCUT2D eigenvalue weighted by Gasteiger charge is -2.20. The largest absolute Gasteiger partial charge is 0.344 e. The second-order valence-electron chi connectivity index (χ2n) is 5.57. The van der Waals surface area contributed by atoms with E-state index >= 15 is 0 Å². The molecule has 2 N–H and O–H groups in total. The summed E-state index contributed by atoms with van der Waals surface area (Å²) in [7, 11) is 0. The van der Waals surface area contributed by atoms with Crippen molar-refractivity contribution in [3.63, 3.8) is 0 Å². The third kappa shape index (κ3) is 5.58. The molecule has 126 valence electrons. The molecule has 0 spiro atoms. The standard InChI is InChI=1S/C17H20N4O2S/c1-12(2)16(20-15(22)9-14-6-4-8-24-14)17(23)21-19-11-13-5-3-7-18-10-13/h3-8,10-12,16H,9H2,1-2H3,(H,20,22)(H,21,23)/b19-11-. The normalized spacial score (nSPS) is 12.3. The van der Waals surface area contributed by atoms with Crippen LogP contribution in [0.15, 0.2) is 47.1 Å². The molecule has 2 aromatic rings. The minimum atomic E-state index is -0.636. The number of hydrazone groups is 1. The molecule has 0 aliphatic heterocycles. The molecule has 0 aliphatic rings. The summed E-state index contributed by atoms with van der Waals surface area (Å²) in [6, 6.07) is 6.76. The molecule has 1 unspecified atom stereocenters. The molecule has 0 bridgehead atoms. The van der Waals surface area contributed by atoms with Gasteiger partial charge in [-0.25, -0.2) is 5.43 Å². The number of nitrogens with one attached hydrogen (secondary N) is 2. The molecule has 0 saturated carbocycles. The molecule has 0 aliphatic carbocycles. The van der Waals surface area contributed by atoms with Crippen molar-refractivity contribution in [2.24, 2.45) is 11.0 Å². The summed E-state index contributed by atoms with van der Waals surface area (Å²) in [5.41, 5.74) is 3.25. The number of hydrogen-bond donors (Lipinski definition) is 2. The van der Waals surface area contributed by atoms with Crippen LogP contribution in [0.1, 0.15) is 24.3 Å². The van der Waals surface area contributed by atoms with Gasteiger partial charge in [-0.2, -0.15) is 5.10 Å². The monoisotopic (exact) mass is 344 g/mol. The van der Waals surface area contributed by atoms with Gasteiger partial charge in [0.2, 0.25) is 5.91 Å². The number of nitrogens with zero attached hydrogens (tertiary/aromatic N) is 2. The highest BCUT2D eigenvalue weighted by Crippen LogP contribution is 2.10. The first kappa shape index (κ1) is 17.8. The van der Waals surface area contributed by atoms with E-state index in [1.165, 1.54) is 17.6 Å². The molecule has 7 heteroatoms. The summed E-state index contributed by atoms with van der Waals surface area (Å²) in [6.07, 6.45) is 5.08. The van der Waals surface area contributed by atoms with E-state index < -0.39 is 6.04 Å². The Bertz CT molecular complexity index is 684. The Morgan fingerprint density at radius 2 is 2.17 bits per heavy atom. The van der Waals surface area contributed by atoms with E-state index in [1.54, 1.807) is 18.5 Å². The fourth-order valence-electron chi connectivity index (χ4n) is 2.02. The van der Waals surface area contributed by atoms with Crippen LogP contribution in [0.3, 0.4) is 0 Å². The maximum Gasteiger partial charge on any atom is 0.262 e. The first-order valence-electron chi connectivity index (χ1n) is 7.61. The zero-order valence-electron chi connectivity index (χ0n) is 13.6. The van der Waals surface area contributed by atoms with E-state index in [2.05, 4.69) is 20.8 Å². The van der Waals surface area contributed by atoms with Crippen LogP contribution in [0.4, 0.5) is 0 Å². The first-order valence-corrected chi connectivity index (χ1v) is 8.49. The summed E-state index contributed by atoms with van der Waals surface area (Å²) in [5, 5.41) is 8.61. The van der Waals surface area contributed by atoms with E-state index in [1.807, 2.05) is 37.4 Å². The van der Waals surface area contributed by atoms with Gasteiger partial charge in [0.05, 0.1) is 12.6 Å². The van der Waals surface area contributed by atoms with Crippen LogP contribution in [0.25, 0.3) is 0 Å². The Morgan fingerprint density at radius 3 is 2.79 bits per heavy atom. The second kappa shape index (κ2) is 8.93. The van der Waals surface area contributed by atoms with Gasteiger partial charge in [0.15, 0.2) is 0 Å². The molecule has 0 aromatic carbocycles. The molecule has 0 radical (unpaired) electrons. The third-order valence-corrected chi connectivity index (χ3v) is 4.13. The zero-order chi connectivity index (χ0) is 17.4. The molecule has 2 amide bonds. The van der Waals surface area contributed by atoms with Gasteiger partial charge in [-0.05, 0) is 23.4 Å². The van der Waals surface area contributed by atoms with E-state index in [9.17, 15) is 9.59 Å². The van der Waals surface area contributed by atoms with Crippen LogP contribution >= 0.6 is 11.3 Å². The number of amides is 2. The Morgan fingerprint density at radius 1 is 1.33 bits per heavy atom. The summed E-state index contributed by atoms with van der Waals surface area (Å²) in [4.78, 5) is 29.3. The van der Waals surface area contributed by atoms with Gasteiger partial charge in [0, 0.05) is 22.8 Å². The van der Waals surface area contributed by atoms with Crippen LogP contribution in [0.5, 0.6) is 0 Å². The molecular weight excluding hydrogens is 324 g/mol. The lowest BCUT2D eigenvalue weighted by atomic mass is 10.0. The van der Waals surface area contributed by atoms with Gasteiger partial charge in [0.25, 0.3) is 5.91 Å². The van der Waals surface area contributed by atoms with Crippen molar-refractivity contribution in [3.8, 4) is 0 Å². The number of carbonyl (C=O) groups excluding carboxylic acids is 2. The van der Waals surface area contributed by atoms with Crippen molar-refractivity contribution < 1.29 is 9.59 Å². The molecule has 1 atom stereocenters. The Hall–Kier alpha value is -2.54. The SMILES string of the molecule is CC(C)C(NC(=O)Cc1cccs1)C(=O)N/N=C\c1cccnc1. The van der Waals surface area contributed by atoms with Crippen molar-refractivity contribution >= 4 is 29.4 Å². The highest BCUT2D eigenvalue weighted by molar-refractivity contribution is 7.10. The van der Waals surface area contributed by atoms with Crippen molar-refractivity contribution in [3.05, 3.63) is 52.5 Å². The van der Waals surface area contributed by atoms with E-state index in [-0.39, 0.29) is 24.2 Å². The summed E-state index contributed by atoms with van der Waals surface area (Å²) < 4.78 is 0. The van der Waals surface area contributed by atoms with Crippen molar-refractivity contribution in [2.75, 3.05) is 0 Å². The van der Waals surface area contributed by atoms with Crippen molar-refractivity contribution in [1.29, 1.82) is 0 Å².